The van der Waals surface area contributed by atoms with Crippen molar-refractivity contribution in [2.24, 2.45) is 17.3 Å². The largest absolute Gasteiger partial charge is 0.371 e. The van der Waals surface area contributed by atoms with Gasteiger partial charge in [-0.2, -0.15) is 0 Å². The topological polar surface area (TPSA) is 50.9 Å². The molecule has 0 spiro atoms. The highest BCUT2D eigenvalue weighted by Crippen LogP contribution is 2.51. The van der Waals surface area contributed by atoms with Crippen molar-refractivity contribution in [3.63, 3.8) is 0 Å². The highest BCUT2D eigenvalue weighted by molar-refractivity contribution is 5.79. The molecule has 3 heterocycles. The van der Waals surface area contributed by atoms with E-state index in [1.165, 1.54) is 44.2 Å². The van der Waals surface area contributed by atoms with Crippen LogP contribution in [0.4, 0.5) is 0 Å². The van der Waals surface area contributed by atoms with Crippen LogP contribution in [0.25, 0.3) is 0 Å². The van der Waals surface area contributed by atoms with Crippen molar-refractivity contribution >= 4 is 5.91 Å². The van der Waals surface area contributed by atoms with Gasteiger partial charge in [0.15, 0.2) is 0 Å². The Labute approximate surface area is 176 Å². The molecule has 2 unspecified atom stereocenters. The number of fused-ring (bicyclic) bond motifs is 1. The summed E-state index contributed by atoms with van der Waals surface area (Å²) in [4.78, 5) is 17.7. The first-order valence-corrected chi connectivity index (χ1v) is 12.0. The van der Waals surface area contributed by atoms with Crippen LogP contribution in [0.15, 0.2) is 12.3 Å². The summed E-state index contributed by atoms with van der Waals surface area (Å²) in [6, 6.07) is 0.612. The van der Waals surface area contributed by atoms with E-state index in [9.17, 15) is 4.79 Å². The van der Waals surface area contributed by atoms with Crippen LogP contribution >= 0.6 is 0 Å². The zero-order valence-corrected chi connectivity index (χ0v) is 18.2. The Morgan fingerprint density at radius 2 is 1.62 bits per heavy atom. The molecule has 2 saturated carbocycles. The maximum atomic E-state index is 13.1. The van der Waals surface area contributed by atoms with E-state index in [1.807, 2.05) is 0 Å². The molecule has 1 amide bonds. The van der Waals surface area contributed by atoms with Gasteiger partial charge >= 0.3 is 0 Å². The maximum absolute atomic E-state index is 13.1. The number of hydrazine groups is 1. The number of carbonyl (C=O) groups is 1. The number of hydrogen-bond donors (Lipinski definition) is 2. The molecule has 6 nitrogen and oxygen atoms in total. The van der Waals surface area contributed by atoms with Gasteiger partial charge in [-0.05, 0) is 57.3 Å². The number of allylic oxidation sites excluding steroid dienone is 1. The first-order chi connectivity index (χ1) is 14.0. The molecule has 3 aliphatic heterocycles. The van der Waals surface area contributed by atoms with Crippen molar-refractivity contribution in [2.45, 2.75) is 70.5 Å². The highest BCUT2D eigenvalue weighted by Gasteiger charge is 2.43. The van der Waals surface area contributed by atoms with Crippen LogP contribution < -0.4 is 10.7 Å². The van der Waals surface area contributed by atoms with Gasteiger partial charge in [0.2, 0.25) is 5.91 Å². The van der Waals surface area contributed by atoms with E-state index in [2.05, 4.69) is 39.1 Å². The van der Waals surface area contributed by atoms with E-state index in [4.69, 9.17) is 0 Å². The molecule has 162 valence electrons. The second kappa shape index (κ2) is 7.86. The van der Waals surface area contributed by atoms with Gasteiger partial charge in [-0.1, -0.05) is 13.5 Å². The lowest BCUT2D eigenvalue weighted by Gasteiger charge is -2.43. The van der Waals surface area contributed by atoms with Crippen LogP contribution in [-0.4, -0.2) is 72.2 Å². The average molecular weight is 402 g/mol. The third-order valence-electron chi connectivity index (χ3n) is 8.55. The maximum Gasteiger partial charge on any atom is 0.225 e. The standard InChI is InChI=1S/C23H39N5O/c1-17(23(2)9-10-23)26-13-15-27(16-14-26)22(29)19-5-3-18(4-6-19)20-7-8-21-24-11-12-28(21)25-20/h18-21,24-25H,1,3-16H2,2H3. The molecule has 5 rings (SSSR count). The Kier molecular flexibility index (Phi) is 5.37. The van der Waals surface area contributed by atoms with Crippen LogP contribution in [0.3, 0.4) is 0 Å². The normalized spacial score (nSPS) is 37.3. The molecule has 0 aromatic heterocycles. The van der Waals surface area contributed by atoms with Gasteiger partial charge in [-0.25, -0.2) is 5.01 Å². The molecule has 2 atom stereocenters. The zero-order valence-electron chi connectivity index (χ0n) is 18.2. The lowest BCUT2D eigenvalue weighted by atomic mass is 9.76. The molecule has 6 heteroatoms. The minimum absolute atomic E-state index is 0.256. The summed E-state index contributed by atoms with van der Waals surface area (Å²) in [6.07, 6.45) is 10.2. The molecule has 2 aliphatic carbocycles. The Hall–Kier alpha value is -1.11. The SMILES string of the molecule is C=C(N1CCN(C(=O)C2CCC(C3CCC4NCCN4N3)CC2)CC1)C1(C)CC1. The third-order valence-corrected chi connectivity index (χ3v) is 8.55. The minimum atomic E-state index is 0.256. The third kappa shape index (κ3) is 3.96. The van der Waals surface area contributed by atoms with Crippen LogP contribution in [0.5, 0.6) is 0 Å². The molecular formula is C23H39N5O. The fourth-order valence-corrected chi connectivity index (χ4v) is 6.07. The summed E-state index contributed by atoms with van der Waals surface area (Å²) in [7, 11) is 0. The lowest BCUT2D eigenvalue weighted by Crippen LogP contribution is -2.57. The van der Waals surface area contributed by atoms with Gasteiger partial charge in [0.05, 0.1) is 6.17 Å². The fraction of sp³-hybridized carbons (Fsp3) is 0.870. The van der Waals surface area contributed by atoms with Gasteiger partial charge in [0, 0.05) is 62.3 Å². The quantitative estimate of drug-likeness (QED) is 0.756. The number of carbonyl (C=O) groups excluding carboxylic acids is 1. The van der Waals surface area contributed by atoms with Gasteiger partial charge in [-0.15, -0.1) is 0 Å². The van der Waals surface area contributed by atoms with Gasteiger partial charge in [-0.3, -0.25) is 15.5 Å². The number of nitrogens with zero attached hydrogens (tertiary/aromatic N) is 3. The van der Waals surface area contributed by atoms with Crippen molar-refractivity contribution in [1.82, 2.24) is 25.6 Å². The van der Waals surface area contributed by atoms with E-state index in [0.29, 0.717) is 23.5 Å². The summed E-state index contributed by atoms with van der Waals surface area (Å²) in [5.74, 6) is 1.42. The number of nitrogens with one attached hydrogen (secondary N) is 2. The second-order valence-electron chi connectivity index (χ2n) is 10.4. The van der Waals surface area contributed by atoms with E-state index < -0.39 is 0 Å². The molecule has 0 aromatic rings. The molecule has 0 aromatic carbocycles. The molecule has 29 heavy (non-hydrogen) atoms. The lowest BCUT2D eigenvalue weighted by molar-refractivity contribution is -0.138. The molecule has 5 aliphatic rings. The molecule has 0 radical (unpaired) electrons. The van der Waals surface area contributed by atoms with E-state index in [1.54, 1.807) is 0 Å². The molecule has 3 saturated heterocycles. The van der Waals surface area contributed by atoms with Gasteiger partial charge in [0.1, 0.15) is 0 Å². The fourth-order valence-electron chi connectivity index (χ4n) is 6.07. The van der Waals surface area contributed by atoms with E-state index >= 15 is 0 Å². The number of amides is 1. The zero-order chi connectivity index (χ0) is 20.0. The smallest absolute Gasteiger partial charge is 0.225 e. The van der Waals surface area contributed by atoms with Crippen molar-refractivity contribution < 1.29 is 4.79 Å². The van der Waals surface area contributed by atoms with Crippen LogP contribution in [0.1, 0.15) is 58.3 Å². The molecule has 0 bridgehead atoms. The Bertz CT molecular complexity index is 631. The Morgan fingerprint density at radius 1 is 0.931 bits per heavy atom. The van der Waals surface area contributed by atoms with Crippen molar-refractivity contribution in [1.29, 1.82) is 0 Å². The molecule has 5 fully saturated rings. The van der Waals surface area contributed by atoms with Crippen LogP contribution in [-0.2, 0) is 4.79 Å². The van der Waals surface area contributed by atoms with Gasteiger partial charge in [0.25, 0.3) is 0 Å². The summed E-state index contributed by atoms with van der Waals surface area (Å²) in [6.45, 7) is 12.6. The van der Waals surface area contributed by atoms with Crippen LogP contribution in [0.2, 0.25) is 0 Å². The predicted molar refractivity (Wildman–Crippen MR) is 115 cm³/mol. The van der Waals surface area contributed by atoms with E-state index in [-0.39, 0.29) is 5.92 Å². The van der Waals surface area contributed by atoms with Crippen molar-refractivity contribution in [3.05, 3.63) is 12.3 Å². The summed E-state index contributed by atoms with van der Waals surface area (Å²) >= 11 is 0. The second-order valence-corrected chi connectivity index (χ2v) is 10.4. The first kappa shape index (κ1) is 19.8. The Balaban J connectivity index is 1.07. The van der Waals surface area contributed by atoms with Gasteiger partial charge < -0.3 is 9.80 Å². The number of rotatable bonds is 4. The molecule has 2 N–H and O–H groups in total. The summed E-state index contributed by atoms with van der Waals surface area (Å²) in [5.41, 5.74) is 5.44. The summed E-state index contributed by atoms with van der Waals surface area (Å²) < 4.78 is 0. The minimum Gasteiger partial charge on any atom is -0.371 e. The predicted octanol–water partition coefficient (Wildman–Crippen LogP) is 2.15. The average Bonchev–Trinajstić information content (AvgIpc) is 3.34. The summed E-state index contributed by atoms with van der Waals surface area (Å²) in [5, 5.41) is 5.98. The monoisotopic (exact) mass is 401 g/mol. The Morgan fingerprint density at radius 3 is 2.31 bits per heavy atom. The first-order valence-electron chi connectivity index (χ1n) is 12.0. The highest BCUT2D eigenvalue weighted by atomic mass is 16.2. The molecular weight excluding hydrogens is 362 g/mol. The van der Waals surface area contributed by atoms with Crippen molar-refractivity contribution in [2.75, 3.05) is 39.3 Å². The van der Waals surface area contributed by atoms with Crippen molar-refractivity contribution in [3.8, 4) is 0 Å². The number of hydrogen-bond acceptors (Lipinski definition) is 5. The van der Waals surface area contributed by atoms with E-state index in [0.717, 1.165) is 58.0 Å². The van der Waals surface area contributed by atoms with Crippen LogP contribution in [0, 0.1) is 17.3 Å². The number of piperazine rings is 1.